The Bertz CT molecular complexity index is 1060. The lowest BCUT2D eigenvalue weighted by Crippen LogP contribution is -2.33. The van der Waals surface area contributed by atoms with Gasteiger partial charge in [0.2, 0.25) is 5.91 Å². The Hall–Kier alpha value is -2.76. The Labute approximate surface area is 207 Å². The molecule has 4 rings (SSSR count). The van der Waals surface area contributed by atoms with Crippen molar-refractivity contribution in [3.05, 3.63) is 108 Å². The topological polar surface area (TPSA) is 65.1 Å². The fraction of sp³-hybridized carbons (Fsp3) is 0.321. The molecule has 6 nitrogen and oxygen atoms in total. The van der Waals surface area contributed by atoms with Crippen LogP contribution in [0.25, 0.3) is 0 Å². The van der Waals surface area contributed by atoms with Gasteiger partial charge in [0, 0.05) is 6.42 Å². The zero-order valence-corrected chi connectivity index (χ0v) is 20.9. The summed E-state index contributed by atoms with van der Waals surface area (Å²) >= 11 is 0. The van der Waals surface area contributed by atoms with Gasteiger partial charge in [-0.2, -0.15) is 0 Å². The SMILES string of the molecule is CCC(=O)N(C[C@@H]1C[C@H]1P(=O)(OCc1ccccc1)OCc1ccccc1)OCc1ccccc1. The number of carbonyl (C=O) groups excluding carboxylic acids is 1. The standard InChI is InChI=1S/C28H32NO5P/c1-2-28(30)29(32-20-23-12-6-3-7-13-23)19-26-18-27(26)35(31,33-21-24-14-8-4-9-15-24)34-22-25-16-10-5-11-17-25/h3-17,26-27H,2,18-22H2,1H3/t26-,27+/m0/s1. The minimum Gasteiger partial charge on any atom is -0.304 e. The molecule has 0 bridgehead atoms. The van der Waals surface area contributed by atoms with E-state index in [9.17, 15) is 9.36 Å². The van der Waals surface area contributed by atoms with Gasteiger partial charge in [-0.15, -0.1) is 0 Å². The molecule has 0 aliphatic heterocycles. The third kappa shape index (κ3) is 7.36. The Morgan fingerprint density at radius 1 is 0.800 bits per heavy atom. The maximum atomic E-state index is 13.9. The highest BCUT2D eigenvalue weighted by molar-refractivity contribution is 7.55. The molecule has 0 aromatic heterocycles. The molecule has 0 heterocycles. The number of benzene rings is 3. The van der Waals surface area contributed by atoms with Gasteiger partial charge in [-0.1, -0.05) is 97.9 Å². The molecule has 0 radical (unpaired) electrons. The smallest absolute Gasteiger partial charge is 0.304 e. The molecular weight excluding hydrogens is 461 g/mol. The van der Waals surface area contributed by atoms with E-state index in [4.69, 9.17) is 13.9 Å². The van der Waals surface area contributed by atoms with Gasteiger partial charge in [0.1, 0.15) is 6.61 Å². The molecule has 0 unspecified atom stereocenters. The lowest BCUT2D eigenvalue weighted by Gasteiger charge is -2.23. The van der Waals surface area contributed by atoms with Crippen molar-refractivity contribution >= 4 is 13.5 Å². The zero-order chi connectivity index (χ0) is 24.5. The van der Waals surface area contributed by atoms with Crippen molar-refractivity contribution in [1.29, 1.82) is 0 Å². The van der Waals surface area contributed by atoms with Crippen LogP contribution < -0.4 is 0 Å². The summed E-state index contributed by atoms with van der Waals surface area (Å²) < 4.78 is 25.9. The fourth-order valence-corrected chi connectivity index (χ4v) is 6.12. The van der Waals surface area contributed by atoms with Crippen molar-refractivity contribution in [1.82, 2.24) is 5.06 Å². The largest absolute Gasteiger partial charge is 0.334 e. The van der Waals surface area contributed by atoms with Gasteiger partial charge < -0.3 is 9.05 Å². The summed E-state index contributed by atoms with van der Waals surface area (Å²) in [5.41, 5.74) is 2.57. The van der Waals surface area contributed by atoms with E-state index in [-0.39, 0.29) is 30.7 Å². The number of amides is 1. The molecule has 7 heteroatoms. The molecule has 1 aliphatic carbocycles. The maximum absolute atomic E-state index is 13.9. The van der Waals surface area contributed by atoms with Crippen LogP contribution in [0.5, 0.6) is 0 Å². The van der Waals surface area contributed by atoms with Gasteiger partial charge in [0.25, 0.3) is 0 Å². The maximum Gasteiger partial charge on any atom is 0.334 e. The van der Waals surface area contributed by atoms with E-state index in [1.807, 2.05) is 97.9 Å². The number of nitrogens with zero attached hydrogens (tertiary/aromatic N) is 1. The Kier molecular flexibility index (Phi) is 8.89. The third-order valence-corrected chi connectivity index (χ3v) is 8.43. The summed E-state index contributed by atoms with van der Waals surface area (Å²) in [5, 5.41) is 1.41. The quantitative estimate of drug-likeness (QED) is 0.204. The summed E-state index contributed by atoms with van der Waals surface area (Å²) in [5.74, 6) is -0.115. The van der Waals surface area contributed by atoms with Crippen LogP contribution in [0.15, 0.2) is 91.0 Å². The van der Waals surface area contributed by atoms with E-state index in [0.29, 0.717) is 26.0 Å². The van der Waals surface area contributed by atoms with Gasteiger partial charge in [-0.25, -0.2) is 5.06 Å². The first kappa shape index (κ1) is 25.3. The Morgan fingerprint density at radius 2 is 1.26 bits per heavy atom. The average Bonchev–Trinajstić information content (AvgIpc) is 3.70. The Morgan fingerprint density at radius 3 is 1.71 bits per heavy atom. The molecule has 0 spiro atoms. The molecular formula is C28H32NO5P. The van der Waals surface area contributed by atoms with Gasteiger partial charge >= 0.3 is 7.60 Å². The monoisotopic (exact) mass is 493 g/mol. The van der Waals surface area contributed by atoms with Crippen LogP contribution in [-0.4, -0.2) is 23.2 Å². The predicted octanol–water partition coefficient (Wildman–Crippen LogP) is 6.37. The van der Waals surface area contributed by atoms with Crippen molar-refractivity contribution in [3.63, 3.8) is 0 Å². The molecule has 1 fully saturated rings. The molecule has 0 saturated heterocycles. The molecule has 3 aromatic carbocycles. The van der Waals surface area contributed by atoms with Crippen LogP contribution in [0, 0.1) is 5.92 Å². The van der Waals surface area contributed by atoms with Crippen LogP contribution >= 0.6 is 7.60 Å². The van der Waals surface area contributed by atoms with Gasteiger partial charge in [0.05, 0.1) is 25.4 Å². The van der Waals surface area contributed by atoms with Gasteiger partial charge in [-0.05, 0) is 29.0 Å². The summed E-state index contributed by atoms with van der Waals surface area (Å²) in [6.07, 6.45) is 0.988. The predicted molar refractivity (Wildman–Crippen MR) is 135 cm³/mol. The van der Waals surface area contributed by atoms with Crippen molar-refractivity contribution in [2.45, 2.75) is 45.2 Å². The van der Waals surface area contributed by atoms with E-state index >= 15 is 0 Å². The van der Waals surface area contributed by atoms with Crippen LogP contribution in [0.4, 0.5) is 0 Å². The third-order valence-electron chi connectivity index (χ3n) is 6.01. The minimum absolute atomic E-state index is 0.0151. The molecule has 1 amide bonds. The molecule has 184 valence electrons. The summed E-state index contributed by atoms with van der Waals surface area (Å²) in [4.78, 5) is 18.4. The summed E-state index contributed by atoms with van der Waals surface area (Å²) in [7, 11) is -3.43. The molecule has 0 N–H and O–H groups in total. The molecule has 35 heavy (non-hydrogen) atoms. The molecule has 1 aliphatic rings. The van der Waals surface area contributed by atoms with Crippen molar-refractivity contribution in [2.24, 2.45) is 5.92 Å². The lowest BCUT2D eigenvalue weighted by molar-refractivity contribution is -0.192. The lowest BCUT2D eigenvalue weighted by atomic mass is 10.2. The number of rotatable bonds is 13. The Balaban J connectivity index is 1.41. The first-order valence-electron chi connectivity index (χ1n) is 12.0. The van der Waals surface area contributed by atoms with Crippen LogP contribution in [-0.2, 0) is 43.1 Å². The first-order valence-corrected chi connectivity index (χ1v) is 13.6. The highest BCUT2D eigenvalue weighted by Gasteiger charge is 2.54. The van der Waals surface area contributed by atoms with Crippen molar-refractivity contribution in [3.8, 4) is 0 Å². The second kappa shape index (κ2) is 12.3. The van der Waals surface area contributed by atoms with Gasteiger partial charge in [0.15, 0.2) is 0 Å². The number of carbonyl (C=O) groups is 1. The number of hydroxylamine groups is 2. The second-order valence-electron chi connectivity index (χ2n) is 8.69. The summed E-state index contributed by atoms with van der Waals surface area (Å²) in [6.45, 7) is 2.88. The number of hydrogen-bond acceptors (Lipinski definition) is 5. The highest BCUT2D eigenvalue weighted by Crippen LogP contribution is 2.66. The second-order valence-corrected chi connectivity index (χ2v) is 10.9. The molecule has 3 aromatic rings. The van der Waals surface area contributed by atoms with Gasteiger partial charge in [-0.3, -0.25) is 14.2 Å². The van der Waals surface area contributed by atoms with E-state index in [1.54, 1.807) is 0 Å². The highest BCUT2D eigenvalue weighted by atomic mass is 31.2. The van der Waals surface area contributed by atoms with E-state index in [0.717, 1.165) is 16.7 Å². The molecule has 1 saturated carbocycles. The van der Waals surface area contributed by atoms with Crippen LogP contribution in [0.2, 0.25) is 0 Å². The summed E-state index contributed by atoms with van der Waals surface area (Å²) in [6, 6.07) is 29.0. The van der Waals surface area contributed by atoms with E-state index in [1.165, 1.54) is 5.06 Å². The molecule has 2 atom stereocenters. The minimum atomic E-state index is -3.43. The van der Waals surface area contributed by atoms with Crippen molar-refractivity contribution in [2.75, 3.05) is 6.54 Å². The first-order chi connectivity index (χ1) is 17.1. The zero-order valence-electron chi connectivity index (χ0n) is 20.0. The fourth-order valence-electron chi connectivity index (χ4n) is 3.86. The van der Waals surface area contributed by atoms with Crippen LogP contribution in [0.1, 0.15) is 36.5 Å². The van der Waals surface area contributed by atoms with E-state index < -0.39 is 7.60 Å². The number of hydrogen-bond donors (Lipinski definition) is 0. The average molecular weight is 494 g/mol. The van der Waals surface area contributed by atoms with Crippen molar-refractivity contribution < 1.29 is 23.2 Å². The van der Waals surface area contributed by atoms with Crippen LogP contribution in [0.3, 0.4) is 0 Å². The normalized spacial score (nSPS) is 17.2. The van der Waals surface area contributed by atoms with E-state index in [2.05, 4.69) is 0 Å².